The molecular formula is C21H17N3O2. The fourth-order valence-corrected chi connectivity index (χ4v) is 2.34. The van der Waals surface area contributed by atoms with Gasteiger partial charge < -0.3 is 10.1 Å². The Morgan fingerprint density at radius 3 is 2.62 bits per heavy atom. The lowest BCUT2D eigenvalue weighted by molar-refractivity contribution is -0.117. The Bertz CT molecular complexity index is 914. The average molecular weight is 343 g/mol. The Morgan fingerprint density at radius 1 is 1.19 bits per heavy atom. The van der Waals surface area contributed by atoms with E-state index in [1.807, 2.05) is 36.4 Å². The van der Waals surface area contributed by atoms with Gasteiger partial charge in [-0.05, 0) is 54.3 Å². The van der Waals surface area contributed by atoms with Crippen molar-refractivity contribution in [1.82, 2.24) is 5.32 Å². The molecule has 3 rings (SSSR count). The maximum Gasteiger partial charge on any atom is 0.262 e. The summed E-state index contributed by atoms with van der Waals surface area (Å²) in [6.07, 6.45) is 3.51. The first kappa shape index (κ1) is 17.3. The fraction of sp³-hybridized carbons (Fsp3) is 0.190. The number of nitrogens with zero attached hydrogens (tertiary/aromatic N) is 2. The Hall–Kier alpha value is -3.57. The number of nitrogens with one attached hydrogen (secondary N) is 1. The normalized spacial score (nSPS) is 13.4. The second-order valence-electron chi connectivity index (χ2n) is 6.09. The molecule has 0 unspecified atom stereocenters. The highest BCUT2D eigenvalue weighted by molar-refractivity contribution is 6.02. The molecule has 1 fully saturated rings. The molecule has 0 aromatic heterocycles. The lowest BCUT2D eigenvalue weighted by Crippen LogP contribution is -2.26. The van der Waals surface area contributed by atoms with E-state index in [2.05, 4.69) is 11.4 Å². The Labute approximate surface area is 152 Å². The van der Waals surface area contributed by atoms with Crippen LogP contribution >= 0.6 is 0 Å². The van der Waals surface area contributed by atoms with Crippen LogP contribution in [0.3, 0.4) is 0 Å². The van der Waals surface area contributed by atoms with Crippen LogP contribution < -0.4 is 10.1 Å². The second-order valence-corrected chi connectivity index (χ2v) is 6.09. The third kappa shape index (κ3) is 4.72. The Morgan fingerprint density at radius 2 is 1.96 bits per heavy atom. The summed E-state index contributed by atoms with van der Waals surface area (Å²) >= 11 is 0. The number of carbonyl (C=O) groups excluding carboxylic acids is 1. The van der Waals surface area contributed by atoms with E-state index in [1.165, 1.54) is 0 Å². The van der Waals surface area contributed by atoms with Crippen molar-refractivity contribution in [3.05, 3.63) is 70.8 Å². The van der Waals surface area contributed by atoms with E-state index in [0.29, 0.717) is 17.9 Å². The molecule has 0 spiro atoms. The molecule has 2 aromatic rings. The zero-order valence-electron chi connectivity index (χ0n) is 14.1. The van der Waals surface area contributed by atoms with Crippen LogP contribution in [0.1, 0.15) is 29.5 Å². The Kier molecular flexibility index (Phi) is 5.31. The van der Waals surface area contributed by atoms with Crippen molar-refractivity contribution >= 4 is 12.0 Å². The van der Waals surface area contributed by atoms with E-state index in [-0.39, 0.29) is 17.5 Å². The molecule has 0 aliphatic heterocycles. The predicted octanol–water partition coefficient (Wildman–Crippen LogP) is 3.32. The van der Waals surface area contributed by atoms with Gasteiger partial charge >= 0.3 is 0 Å². The van der Waals surface area contributed by atoms with Crippen molar-refractivity contribution in [2.75, 3.05) is 0 Å². The summed E-state index contributed by atoms with van der Waals surface area (Å²) in [7, 11) is 0. The van der Waals surface area contributed by atoms with Crippen LogP contribution in [0.2, 0.25) is 0 Å². The van der Waals surface area contributed by atoms with Crippen molar-refractivity contribution in [2.45, 2.75) is 25.5 Å². The fourth-order valence-electron chi connectivity index (χ4n) is 2.34. The maximum absolute atomic E-state index is 12.0. The number of amides is 1. The van der Waals surface area contributed by atoms with Gasteiger partial charge in [0.25, 0.3) is 5.91 Å². The van der Waals surface area contributed by atoms with Crippen LogP contribution in [0.15, 0.2) is 54.1 Å². The molecule has 0 atom stereocenters. The molecule has 128 valence electrons. The molecule has 1 N–H and O–H groups in total. The van der Waals surface area contributed by atoms with Crippen molar-refractivity contribution < 1.29 is 9.53 Å². The van der Waals surface area contributed by atoms with Gasteiger partial charge in [-0.1, -0.05) is 24.3 Å². The number of benzene rings is 2. The lowest BCUT2D eigenvalue weighted by Gasteiger charge is -2.07. The number of hydrogen-bond donors (Lipinski definition) is 1. The van der Waals surface area contributed by atoms with Crippen LogP contribution in [0, 0.1) is 22.7 Å². The van der Waals surface area contributed by atoms with Gasteiger partial charge in [0, 0.05) is 6.04 Å². The molecule has 2 aromatic carbocycles. The monoisotopic (exact) mass is 343 g/mol. The first-order valence-corrected chi connectivity index (χ1v) is 8.32. The SMILES string of the molecule is N#C/C(=C\c1cccc(OCc2ccc(C#N)cc2)c1)C(=O)NC1CC1. The summed E-state index contributed by atoms with van der Waals surface area (Å²) in [6.45, 7) is 0.367. The van der Waals surface area contributed by atoms with Gasteiger partial charge in [-0.3, -0.25) is 4.79 Å². The summed E-state index contributed by atoms with van der Waals surface area (Å²) < 4.78 is 5.76. The highest BCUT2D eigenvalue weighted by atomic mass is 16.5. The van der Waals surface area contributed by atoms with Crippen molar-refractivity contribution in [3.8, 4) is 17.9 Å². The summed E-state index contributed by atoms with van der Waals surface area (Å²) in [5.74, 6) is 0.307. The minimum atomic E-state index is -0.334. The minimum Gasteiger partial charge on any atom is -0.489 e. The zero-order valence-corrected chi connectivity index (χ0v) is 14.1. The number of carbonyl (C=O) groups is 1. The second kappa shape index (κ2) is 8.00. The third-order valence-electron chi connectivity index (χ3n) is 3.94. The van der Waals surface area contributed by atoms with Crippen LogP contribution in [0.4, 0.5) is 0 Å². The van der Waals surface area contributed by atoms with E-state index >= 15 is 0 Å². The quantitative estimate of drug-likeness (QED) is 0.644. The van der Waals surface area contributed by atoms with Crippen molar-refractivity contribution in [3.63, 3.8) is 0 Å². The van der Waals surface area contributed by atoms with E-state index in [0.717, 1.165) is 24.0 Å². The van der Waals surface area contributed by atoms with Gasteiger partial charge in [0.2, 0.25) is 0 Å². The molecule has 5 heteroatoms. The summed E-state index contributed by atoms with van der Waals surface area (Å²) in [5.41, 5.74) is 2.37. The Balaban J connectivity index is 1.66. The van der Waals surface area contributed by atoms with E-state index in [1.54, 1.807) is 24.3 Å². The van der Waals surface area contributed by atoms with Crippen LogP contribution in [-0.4, -0.2) is 11.9 Å². The number of hydrogen-bond acceptors (Lipinski definition) is 4. The van der Waals surface area contributed by atoms with Gasteiger partial charge in [-0.2, -0.15) is 10.5 Å². The van der Waals surface area contributed by atoms with Crippen LogP contribution in [0.5, 0.6) is 5.75 Å². The molecule has 1 amide bonds. The molecule has 26 heavy (non-hydrogen) atoms. The van der Waals surface area contributed by atoms with E-state index < -0.39 is 0 Å². The molecule has 1 aliphatic carbocycles. The van der Waals surface area contributed by atoms with Gasteiger partial charge in [-0.15, -0.1) is 0 Å². The first-order chi connectivity index (χ1) is 12.7. The largest absolute Gasteiger partial charge is 0.489 e. The average Bonchev–Trinajstić information content (AvgIpc) is 3.49. The zero-order chi connectivity index (χ0) is 18.4. The van der Waals surface area contributed by atoms with Crippen molar-refractivity contribution in [1.29, 1.82) is 10.5 Å². The van der Waals surface area contributed by atoms with E-state index in [4.69, 9.17) is 10.00 Å². The molecule has 0 bridgehead atoms. The number of nitriles is 2. The molecule has 1 saturated carbocycles. The highest BCUT2D eigenvalue weighted by Crippen LogP contribution is 2.20. The maximum atomic E-state index is 12.0. The summed E-state index contributed by atoms with van der Waals surface area (Å²) in [4.78, 5) is 12.0. The van der Waals surface area contributed by atoms with Crippen LogP contribution in [-0.2, 0) is 11.4 Å². The van der Waals surface area contributed by atoms with E-state index in [9.17, 15) is 10.1 Å². The third-order valence-corrected chi connectivity index (χ3v) is 3.94. The standard InChI is InChI=1S/C21H17N3O2/c22-12-15-4-6-16(7-5-15)14-26-20-3-1-2-17(11-20)10-18(13-23)21(25)24-19-8-9-19/h1-7,10-11,19H,8-9,14H2,(H,24,25)/b18-10+. The predicted molar refractivity (Wildman–Crippen MR) is 96.7 cm³/mol. The topological polar surface area (TPSA) is 85.9 Å². The summed E-state index contributed by atoms with van der Waals surface area (Å²) in [6, 6.07) is 18.7. The number of ether oxygens (including phenoxy) is 1. The number of rotatable bonds is 6. The lowest BCUT2D eigenvalue weighted by atomic mass is 10.1. The van der Waals surface area contributed by atoms with Gasteiger partial charge in [-0.25, -0.2) is 0 Å². The molecule has 0 radical (unpaired) electrons. The molecule has 1 aliphatic rings. The molecule has 0 heterocycles. The highest BCUT2D eigenvalue weighted by Gasteiger charge is 2.24. The van der Waals surface area contributed by atoms with Gasteiger partial charge in [0.15, 0.2) is 0 Å². The molecule has 0 saturated heterocycles. The summed E-state index contributed by atoms with van der Waals surface area (Å²) in [5, 5.41) is 20.8. The minimum absolute atomic E-state index is 0.0844. The van der Waals surface area contributed by atoms with Gasteiger partial charge in [0.1, 0.15) is 24.0 Å². The van der Waals surface area contributed by atoms with Crippen LogP contribution in [0.25, 0.3) is 6.08 Å². The molecular weight excluding hydrogens is 326 g/mol. The smallest absolute Gasteiger partial charge is 0.262 e. The first-order valence-electron chi connectivity index (χ1n) is 8.32. The van der Waals surface area contributed by atoms with Gasteiger partial charge in [0.05, 0.1) is 11.6 Å². The van der Waals surface area contributed by atoms with Crippen molar-refractivity contribution in [2.24, 2.45) is 0 Å². The molecule has 5 nitrogen and oxygen atoms in total.